The molecule has 0 spiro atoms. The molecule has 1 aliphatic heterocycles. The summed E-state index contributed by atoms with van der Waals surface area (Å²) >= 11 is 0. The number of carbonyl (C=O) groups is 2. The fourth-order valence-corrected chi connectivity index (χ4v) is 4.15. The average molecular weight is 492 g/mol. The molecular weight excluding hydrogens is 466 g/mol. The Morgan fingerprint density at radius 1 is 1.03 bits per heavy atom. The summed E-state index contributed by atoms with van der Waals surface area (Å²) in [5.41, 5.74) is 4.38. The molecule has 1 aliphatic rings. The number of H-pyrrole nitrogens is 1. The number of pyridine rings is 1. The molecule has 8 nitrogen and oxygen atoms in total. The SMILES string of the molecule is CN(c1ccccc1)n1cccc(C(=O)NC/C=C/c2ccc3c(c2)NC(=O)/C3=C\c2ccc[nH]2)c1=O. The molecule has 4 aromatic rings. The van der Waals surface area contributed by atoms with Gasteiger partial charge in [0.1, 0.15) is 5.56 Å². The van der Waals surface area contributed by atoms with Gasteiger partial charge in [0, 0.05) is 42.9 Å². The summed E-state index contributed by atoms with van der Waals surface area (Å²) in [5.74, 6) is -0.602. The summed E-state index contributed by atoms with van der Waals surface area (Å²) in [6.07, 6.45) is 8.90. The number of nitrogens with zero attached hydrogens (tertiary/aromatic N) is 2. The molecule has 0 aliphatic carbocycles. The van der Waals surface area contributed by atoms with Gasteiger partial charge in [-0.15, -0.1) is 0 Å². The number of aromatic amines is 1. The molecule has 0 saturated carbocycles. The quantitative estimate of drug-likeness (QED) is 0.340. The maximum atomic E-state index is 12.9. The number of hydrogen-bond acceptors (Lipinski definition) is 4. The molecule has 0 saturated heterocycles. The molecule has 3 heterocycles. The molecule has 2 amide bonds. The van der Waals surface area contributed by atoms with E-state index >= 15 is 0 Å². The molecule has 0 fully saturated rings. The number of benzene rings is 2. The van der Waals surface area contributed by atoms with Crippen molar-refractivity contribution in [1.82, 2.24) is 15.0 Å². The summed E-state index contributed by atoms with van der Waals surface area (Å²) in [4.78, 5) is 41.2. The van der Waals surface area contributed by atoms with Crippen molar-refractivity contribution in [2.45, 2.75) is 0 Å². The number of nitrogens with one attached hydrogen (secondary N) is 3. The van der Waals surface area contributed by atoms with Crippen molar-refractivity contribution in [3.63, 3.8) is 0 Å². The largest absolute Gasteiger partial charge is 0.362 e. The van der Waals surface area contributed by atoms with Crippen LogP contribution in [-0.2, 0) is 4.79 Å². The number of para-hydroxylation sites is 1. The molecule has 0 atom stereocenters. The van der Waals surface area contributed by atoms with Crippen LogP contribution in [0.5, 0.6) is 0 Å². The molecule has 3 N–H and O–H groups in total. The number of hydrogen-bond donors (Lipinski definition) is 3. The minimum Gasteiger partial charge on any atom is -0.362 e. The highest BCUT2D eigenvalue weighted by molar-refractivity contribution is 6.34. The van der Waals surface area contributed by atoms with E-state index in [9.17, 15) is 14.4 Å². The Hall–Kier alpha value is -5.11. The number of carbonyl (C=O) groups excluding carboxylic acids is 2. The number of anilines is 2. The highest BCUT2D eigenvalue weighted by Gasteiger charge is 2.24. The lowest BCUT2D eigenvalue weighted by molar-refractivity contribution is -0.110. The van der Waals surface area contributed by atoms with Gasteiger partial charge in [0.05, 0.1) is 11.3 Å². The fraction of sp³-hybridized carbons (Fsp3) is 0.0690. The predicted octanol–water partition coefficient (Wildman–Crippen LogP) is 4.01. The Kier molecular flexibility index (Phi) is 6.54. The number of fused-ring (bicyclic) bond motifs is 1. The van der Waals surface area contributed by atoms with E-state index in [-0.39, 0.29) is 18.0 Å². The van der Waals surface area contributed by atoms with E-state index in [1.54, 1.807) is 30.4 Å². The first-order chi connectivity index (χ1) is 18.0. The Morgan fingerprint density at radius 2 is 1.86 bits per heavy atom. The van der Waals surface area contributed by atoms with Gasteiger partial charge in [0.15, 0.2) is 0 Å². The third kappa shape index (κ3) is 4.99. The predicted molar refractivity (Wildman–Crippen MR) is 146 cm³/mol. The van der Waals surface area contributed by atoms with E-state index < -0.39 is 11.5 Å². The third-order valence-electron chi connectivity index (χ3n) is 6.07. The highest BCUT2D eigenvalue weighted by atomic mass is 16.2. The van der Waals surface area contributed by atoms with Crippen molar-refractivity contribution in [3.8, 4) is 0 Å². The summed E-state index contributed by atoms with van der Waals surface area (Å²) < 4.78 is 1.40. The van der Waals surface area contributed by atoms with Crippen LogP contribution in [0.15, 0.2) is 96.1 Å². The average Bonchev–Trinajstić information content (AvgIpc) is 3.54. The molecule has 0 bridgehead atoms. The van der Waals surface area contributed by atoms with E-state index in [1.165, 1.54) is 10.7 Å². The summed E-state index contributed by atoms with van der Waals surface area (Å²) in [6, 6.07) is 22.1. The van der Waals surface area contributed by atoms with Gasteiger partial charge in [-0.3, -0.25) is 19.4 Å². The molecule has 5 rings (SSSR count). The van der Waals surface area contributed by atoms with Crippen LogP contribution in [0.1, 0.15) is 27.2 Å². The zero-order valence-electron chi connectivity index (χ0n) is 20.1. The topological polar surface area (TPSA) is 99.2 Å². The second-order valence-electron chi connectivity index (χ2n) is 8.49. The first kappa shape index (κ1) is 23.6. The lowest BCUT2D eigenvalue weighted by atomic mass is 10.0. The van der Waals surface area contributed by atoms with Gasteiger partial charge >= 0.3 is 0 Å². The van der Waals surface area contributed by atoms with E-state index in [0.29, 0.717) is 5.57 Å². The molecule has 184 valence electrons. The van der Waals surface area contributed by atoms with Crippen molar-refractivity contribution in [1.29, 1.82) is 0 Å². The second-order valence-corrected chi connectivity index (χ2v) is 8.49. The van der Waals surface area contributed by atoms with E-state index in [1.807, 2.05) is 79.0 Å². The van der Waals surface area contributed by atoms with Crippen LogP contribution in [-0.4, -0.2) is 35.1 Å². The van der Waals surface area contributed by atoms with E-state index in [4.69, 9.17) is 0 Å². The van der Waals surface area contributed by atoms with Crippen molar-refractivity contribution in [2.24, 2.45) is 0 Å². The van der Waals surface area contributed by atoms with Crippen LogP contribution in [0.4, 0.5) is 11.4 Å². The van der Waals surface area contributed by atoms with Crippen LogP contribution >= 0.6 is 0 Å². The van der Waals surface area contributed by atoms with E-state index in [0.717, 1.165) is 28.2 Å². The van der Waals surface area contributed by atoms with Gasteiger partial charge in [0.2, 0.25) is 0 Å². The molecule has 0 unspecified atom stereocenters. The number of aromatic nitrogens is 2. The molecule has 2 aromatic heterocycles. The van der Waals surface area contributed by atoms with Gasteiger partial charge in [-0.25, -0.2) is 4.68 Å². The minimum atomic E-state index is -0.453. The fourth-order valence-electron chi connectivity index (χ4n) is 4.15. The summed E-state index contributed by atoms with van der Waals surface area (Å²) in [6.45, 7) is 0.239. The summed E-state index contributed by atoms with van der Waals surface area (Å²) in [5, 5.41) is 7.35. The molecule has 0 radical (unpaired) electrons. The Labute approximate surface area is 213 Å². The molecule has 2 aromatic carbocycles. The minimum absolute atomic E-state index is 0.0558. The second kappa shape index (κ2) is 10.2. The zero-order chi connectivity index (χ0) is 25.8. The Morgan fingerprint density at radius 3 is 2.65 bits per heavy atom. The number of amides is 2. The Balaban J connectivity index is 1.24. The lowest BCUT2D eigenvalue weighted by Gasteiger charge is -2.21. The first-order valence-corrected chi connectivity index (χ1v) is 11.8. The Bertz CT molecular complexity index is 1570. The zero-order valence-corrected chi connectivity index (χ0v) is 20.1. The van der Waals surface area contributed by atoms with Crippen LogP contribution in [0.25, 0.3) is 17.7 Å². The molecule has 8 heteroatoms. The highest BCUT2D eigenvalue weighted by Crippen LogP contribution is 2.33. The van der Waals surface area contributed by atoms with Crippen LogP contribution < -0.4 is 21.2 Å². The third-order valence-corrected chi connectivity index (χ3v) is 6.07. The van der Waals surface area contributed by atoms with Crippen LogP contribution in [0, 0.1) is 0 Å². The maximum absolute atomic E-state index is 12.9. The monoisotopic (exact) mass is 491 g/mol. The maximum Gasteiger partial charge on any atom is 0.282 e. The van der Waals surface area contributed by atoms with Gasteiger partial charge in [-0.05, 0) is 54.1 Å². The standard InChI is InChI=1S/C29H25N5O3/c1-33(22-10-3-2-4-11-22)34-17-7-12-24(29(34)37)27(35)31-16-5-8-20-13-14-23-25(19-21-9-6-15-30-21)28(36)32-26(23)18-20/h2-15,17-19,30H,16H2,1H3,(H,31,35)(H,32,36)/b8-5+,25-19-. The van der Waals surface area contributed by atoms with Crippen molar-refractivity contribution in [2.75, 3.05) is 23.9 Å². The van der Waals surface area contributed by atoms with Gasteiger partial charge < -0.3 is 15.6 Å². The van der Waals surface area contributed by atoms with Crippen LogP contribution in [0.3, 0.4) is 0 Å². The molecular formula is C29H25N5O3. The van der Waals surface area contributed by atoms with Gasteiger partial charge in [-0.2, -0.15) is 0 Å². The van der Waals surface area contributed by atoms with Crippen LogP contribution in [0.2, 0.25) is 0 Å². The smallest absolute Gasteiger partial charge is 0.282 e. The van der Waals surface area contributed by atoms with Crippen molar-refractivity contribution in [3.05, 3.63) is 124 Å². The number of rotatable bonds is 7. The van der Waals surface area contributed by atoms with E-state index in [2.05, 4.69) is 15.6 Å². The van der Waals surface area contributed by atoms with Gasteiger partial charge in [-0.1, -0.05) is 42.5 Å². The first-order valence-electron chi connectivity index (χ1n) is 11.8. The molecule has 37 heavy (non-hydrogen) atoms. The lowest BCUT2D eigenvalue weighted by Crippen LogP contribution is -2.39. The van der Waals surface area contributed by atoms with Crippen molar-refractivity contribution < 1.29 is 9.59 Å². The normalized spacial score (nSPS) is 13.5. The van der Waals surface area contributed by atoms with Gasteiger partial charge in [0.25, 0.3) is 17.4 Å². The van der Waals surface area contributed by atoms with Crippen molar-refractivity contribution >= 4 is 40.9 Å². The summed E-state index contributed by atoms with van der Waals surface area (Å²) in [7, 11) is 1.76.